The Balaban J connectivity index is 1.77. The van der Waals surface area contributed by atoms with Crippen molar-refractivity contribution in [3.8, 4) is 5.75 Å². The first-order valence-electron chi connectivity index (χ1n) is 6.80. The van der Waals surface area contributed by atoms with Crippen molar-refractivity contribution < 1.29 is 9.53 Å². The molecular weight excluding hydrogens is 350 g/mol. The summed E-state index contributed by atoms with van der Waals surface area (Å²) in [5.41, 5.74) is 1.11. The quantitative estimate of drug-likeness (QED) is 0.839. The van der Waals surface area contributed by atoms with Gasteiger partial charge in [-0.2, -0.15) is 0 Å². The maximum atomic E-state index is 12.0. The van der Waals surface area contributed by atoms with E-state index in [1.54, 1.807) is 18.3 Å². The monoisotopic (exact) mass is 367 g/mol. The van der Waals surface area contributed by atoms with Gasteiger partial charge in [0.05, 0.1) is 3.79 Å². The molecule has 0 saturated heterocycles. The van der Waals surface area contributed by atoms with Crippen LogP contribution in [0, 0.1) is 6.92 Å². The number of nitrogens with one attached hydrogen (secondary N) is 1. The summed E-state index contributed by atoms with van der Waals surface area (Å²) in [5, 5.41) is 2.90. The minimum Gasteiger partial charge on any atom is -0.481 e. The third-order valence-electron chi connectivity index (χ3n) is 2.97. The van der Waals surface area contributed by atoms with Gasteiger partial charge in [0.25, 0.3) is 5.91 Å². The zero-order valence-corrected chi connectivity index (χ0v) is 14.5. The van der Waals surface area contributed by atoms with Gasteiger partial charge in [-0.3, -0.25) is 4.79 Å². The van der Waals surface area contributed by atoms with E-state index in [-0.39, 0.29) is 5.91 Å². The predicted octanol–water partition coefficient (Wildman–Crippen LogP) is 3.95. The first-order chi connectivity index (χ1) is 10.0. The average Bonchev–Trinajstić information content (AvgIpc) is 2.84. The van der Waals surface area contributed by atoms with Crippen molar-refractivity contribution in [3.63, 3.8) is 0 Å². The summed E-state index contributed by atoms with van der Waals surface area (Å²) in [4.78, 5) is 13.2. The van der Waals surface area contributed by atoms with E-state index >= 15 is 0 Å². The van der Waals surface area contributed by atoms with Crippen molar-refractivity contribution in [1.29, 1.82) is 0 Å². The summed E-state index contributed by atoms with van der Waals surface area (Å²) in [5.74, 6) is 0.631. The van der Waals surface area contributed by atoms with Gasteiger partial charge in [0.1, 0.15) is 5.75 Å². The zero-order valence-electron chi connectivity index (χ0n) is 12.1. The van der Waals surface area contributed by atoms with Gasteiger partial charge >= 0.3 is 0 Å². The molecule has 3 nitrogen and oxygen atoms in total. The Morgan fingerprint density at radius 1 is 1.38 bits per heavy atom. The normalized spacial score (nSPS) is 12.0. The average molecular weight is 368 g/mol. The van der Waals surface area contributed by atoms with Crippen molar-refractivity contribution >= 4 is 33.2 Å². The number of thiophene rings is 1. The number of rotatable bonds is 6. The Morgan fingerprint density at radius 2 is 2.19 bits per heavy atom. The number of halogens is 1. The molecule has 0 saturated carbocycles. The summed E-state index contributed by atoms with van der Waals surface area (Å²) < 4.78 is 6.76. The molecule has 0 radical (unpaired) electrons. The van der Waals surface area contributed by atoms with Gasteiger partial charge in [-0.15, -0.1) is 11.3 Å². The lowest BCUT2D eigenvalue weighted by Gasteiger charge is -2.14. The molecule has 1 aromatic heterocycles. The van der Waals surface area contributed by atoms with Crippen LogP contribution in [0.4, 0.5) is 0 Å². The number of ether oxygens (including phenoxy) is 1. The molecule has 1 unspecified atom stereocenters. The van der Waals surface area contributed by atoms with Gasteiger partial charge in [-0.05, 0) is 66.0 Å². The van der Waals surface area contributed by atoms with Crippen LogP contribution in [-0.4, -0.2) is 18.6 Å². The van der Waals surface area contributed by atoms with Crippen LogP contribution >= 0.6 is 27.3 Å². The van der Waals surface area contributed by atoms with E-state index in [0.29, 0.717) is 6.54 Å². The minimum absolute atomic E-state index is 0.0906. The number of hydrogen-bond donors (Lipinski definition) is 1. The fraction of sp³-hybridized carbons (Fsp3) is 0.312. The Bertz CT molecular complexity index is 612. The number of benzene rings is 1. The molecule has 5 heteroatoms. The summed E-state index contributed by atoms with van der Waals surface area (Å²) in [6, 6.07) is 11.8. The lowest BCUT2D eigenvalue weighted by atomic mass is 10.2. The first kappa shape index (κ1) is 16.0. The van der Waals surface area contributed by atoms with E-state index in [1.807, 2.05) is 37.3 Å². The van der Waals surface area contributed by atoms with E-state index < -0.39 is 6.10 Å². The molecular formula is C16H18BrNO2S. The van der Waals surface area contributed by atoms with E-state index in [0.717, 1.165) is 21.5 Å². The fourth-order valence-electron chi connectivity index (χ4n) is 1.89. The van der Waals surface area contributed by atoms with Gasteiger partial charge in [0, 0.05) is 11.4 Å². The fourth-order valence-corrected chi connectivity index (χ4v) is 3.37. The maximum absolute atomic E-state index is 12.0. The van der Waals surface area contributed by atoms with Gasteiger partial charge in [0.2, 0.25) is 0 Å². The molecule has 0 spiro atoms. The highest BCUT2D eigenvalue weighted by Crippen LogP contribution is 2.22. The number of hydrogen-bond acceptors (Lipinski definition) is 3. The van der Waals surface area contributed by atoms with Gasteiger partial charge in [-0.25, -0.2) is 0 Å². The molecule has 2 aromatic rings. The summed E-state index contributed by atoms with van der Waals surface area (Å²) in [6.45, 7) is 4.38. The predicted molar refractivity (Wildman–Crippen MR) is 90.0 cm³/mol. The highest BCUT2D eigenvalue weighted by atomic mass is 79.9. The second-order valence-electron chi connectivity index (χ2n) is 4.82. The van der Waals surface area contributed by atoms with Crippen molar-refractivity contribution in [2.75, 3.05) is 6.54 Å². The third-order valence-corrected chi connectivity index (χ3v) is 4.65. The van der Waals surface area contributed by atoms with E-state index in [4.69, 9.17) is 4.74 Å². The standard InChI is InChI=1S/C16H18BrNO2S/c1-11-4-3-5-13(10-11)20-12(2)16(19)18-9-8-14-6-7-15(17)21-14/h3-7,10,12H,8-9H2,1-2H3,(H,18,19). The van der Waals surface area contributed by atoms with Crippen LogP contribution in [0.2, 0.25) is 0 Å². The second-order valence-corrected chi connectivity index (χ2v) is 7.37. The molecule has 1 N–H and O–H groups in total. The van der Waals surface area contributed by atoms with E-state index in [1.165, 1.54) is 4.88 Å². The lowest BCUT2D eigenvalue weighted by molar-refractivity contribution is -0.127. The number of carbonyl (C=O) groups excluding carboxylic acids is 1. The molecule has 0 bridgehead atoms. The molecule has 0 fully saturated rings. The molecule has 1 atom stereocenters. The molecule has 1 aromatic carbocycles. The van der Waals surface area contributed by atoms with Gasteiger partial charge in [-0.1, -0.05) is 12.1 Å². The van der Waals surface area contributed by atoms with Crippen LogP contribution in [0.15, 0.2) is 40.2 Å². The SMILES string of the molecule is Cc1cccc(OC(C)C(=O)NCCc2ccc(Br)s2)c1. The Hall–Kier alpha value is -1.33. The molecule has 21 heavy (non-hydrogen) atoms. The summed E-state index contributed by atoms with van der Waals surface area (Å²) >= 11 is 5.12. The van der Waals surface area contributed by atoms with Crippen LogP contribution in [0.5, 0.6) is 5.75 Å². The van der Waals surface area contributed by atoms with Crippen LogP contribution in [-0.2, 0) is 11.2 Å². The van der Waals surface area contributed by atoms with Gasteiger partial charge in [0.15, 0.2) is 6.10 Å². The van der Waals surface area contributed by atoms with Crippen LogP contribution in [0.1, 0.15) is 17.4 Å². The van der Waals surface area contributed by atoms with Crippen LogP contribution in [0.3, 0.4) is 0 Å². The molecule has 112 valence electrons. The number of carbonyl (C=O) groups is 1. The smallest absolute Gasteiger partial charge is 0.260 e. The maximum Gasteiger partial charge on any atom is 0.260 e. The minimum atomic E-state index is -0.498. The van der Waals surface area contributed by atoms with Crippen LogP contribution < -0.4 is 10.1 Å². The Labute approximate surface area is 137 Å². The molecule has 2 rings (SSSR count). The first-order valence-corrected chi connectivity index (χ1v) is 8.41. The van der Waals surface area contributed by atoms with E-state index in [2.05, 4.69) is 27.3 Å². The van der Waals surface area contributed by atoms with Crippen molar-refractivity contribution in [3.05, 3.63) is 50.6 Å². The van der Waals surface area contributed by atoms with Crippen molar-refractivity contribution in [2.45, 2.75) is 26.4 Å². The highest BCUT2D eigenvalue weighted by Gasteiger charge is 2.14. The lowest BCUT2D eigenvalue weighted by Crippen LogP contribution is -2.37. The molecule has 0 aliphatic carbocycles. The molecule has 1 heterocycles. The Kier molecular flexibility index (Phi) is 5.82. The zero-order chi connectivity index (χ0) is 15.2. The highest BCUT2D eigenvalue weighted by molar-refractivity contribution is 9.11. The van der Waals surface area contributed by atoms with Crippen LogP contribution in [0.25, 0.3) is 0 Å². The summed E-state index contributed by atoms with van der Waals surface area (Å²) in [7, 11) is 0. The largest absolute Gasteiger partial charge is 0.481 e. The van der Waals surface area contributed by atoms with Gasteiger partial charge < -0.3 is 10.1 Å². The second kappa shape index (κ2) is 7.61. The third kappa shape index (κ3) is 5.17. The van der Waals surface area contributed by atoms with Crippen molar-refractivity contribution in [1.82, 2.24) is 5.32 Å². The summed E-state index contributed by atoms with van der Waals surface area (Å²) in [6.07, 6.45) is 0.334. The molecule has 1 amide bonds. The molecule has 0 aliphatic rings. The molecule has 0 aliphatic heterocycles. The van der Waals surface area contributed by atoms with E-state index in [9.17, 15) is 4.79 Å². The Morgan fingerprint density at radius 3 is 2.86 bits per heavy atom. The number of amides is 1. The topological polar surface area (TPSA) is 38.3 Å². The number of aryl methyl sites for hydroxylation is 1. The van der Waals surface area contributed by atoms with Crippen molar-refractivity contribution in [2.24, 2.45) is 0 Å².